The first kappa shape index (κ1) is 17.7. The van der Waals surface area contributed by atoms with E-state index < -0.39 is 5.41 Å². The monoisotopic (exact) mass is 356 g/mol. The van der Waals surface area contributed by atoms with Gasteiger partial charge in [-0.1, -0.05) is 19.9 Å². The van der Waals surface area contributed by atoms with Gasteiger partial charge in [0.15, 0.2) is 11.3 Å². The molecule has 2 N–H and O–H groups in total. The summed E-state index contributed by atoms with van der Waals surface area (Å²) in [4.78, 5) is 13.1. The molecule has 2 aromatic carbocycles. The molecule has 0 aliphatic carbocycles. The molecule has 6 heteroatoms. The topological polar surface area (TPSA) is 89.1 Å². The van der Waals surface area contributed by atoms with Crippen LogP contribution in [-0.2, 0) is 5.41 Å². The number of hydrogen-bond acceptors (Lipinski definition) is 6. The van der Waals surface area contributed by atoms with Gasteiger partial charge in [-0.3, -0.25) is 4.79 Å². The largest absolute Gasteiger partial charge is 0.507 e. The van der Waals surface area contributed by atoms with Crippen molar-refractivity contribution in [2.24, 2.45) is 0 Å². The van der Waals surface area contributed by atoms with Gasteiger partial charge in [0.2, 0.25) is 11.2 Å². The third kappa shape index (κ3) is 2.37. The molecule has 136 valence electrons. The molecule has 0 bridgehead atoms. The second-order valence-corrected chi connectivity index (χ2v) is 6.53. The van der Waals surface area contributed by atoms with Crippen LogP contribution in [0, 0.1) is 0 Å². The SMILES string of the molecule is C=CC(C)(C)c1c(O)cc(OC)c2c(=O)c3ccc(O)c(OC)c3oc12. The van der Waals surface area contributed by atoms with Crippen LogP contribution in [0.2, 0.25) is 0 Å². The van der Waals surface area contributed by atoms with Crippen LogP contribution in [0.15, 0.2) is 40.1 Å². The fourth-order valence-corrected chi connectivity index (χ4v) is 3.09. The van der Waals surface area contributed by atoms with E-state index in [9.17, 15) is 15.0 Å². The highest BCUT2D eigenvalue weighted by molar-refractivity contribution is 5.98. The molecular weight excluding hydrogens is 336 g/mol. The lowest BCUT2D eigenvalue weighted by Gasteiger charge is -2.23. The van der Waals surface area contributed by atoms with E-state index in [0.29, 0.717) is 5.56 Å². The summed E-state index contributed by atoms with van der Waals surface area (Å²) in [5, 5.41) is 21.0. The van der Waals surface area contributed by atoms with Crippen molar-refractivity contribution >= 4 is 21.9 Å². The van der Waals surface area contributed by atoms with Crippen molar-refractivity contribution < 1.29 is 24.1 Å². The van der Waals surface area contributed by atoms with Crippen molar-refractivity contribution in [2.75, 3.05) is 14.2 Å². The minimum absolute atomic E-state index is 0.0474. The fraction of sp³-hybridized carbons (Fsp3) is 0.250. The van der Waals surface area contributed by atoms with E-state index >= 15 is 0 Å². The van der Waals surface area contributed by atoms with Gasteiger partial charge < -0.3 is 24.1 Å². The van der Waals surface area contributed by atoms with Gasteiger partial charge in [-0.05, 0) is 12.1 Å². The average molecular weight is 356 g/mol. The van der Waals surface area contributed by atoms with Crippen LogP contribution >= 0.6 is 0 Å². The van der Waals surface area contributed by atoms with Crippen LogP contribution in [0.1, 0.15) is 19.4 Å². The molecule has 26 heavy (non-hydrogen) atoms. The van der Waals surface area contributed by atoms with Gasteiger partial charge in [0.1, 0.15) is 22.5 Å². The van der Waals surface area contributed by atoms with Gasteiger partial charge >= 0.3 is 0 Å². The highest BCUT2D eigenvalue weighted by Crippen LogP contribution is 2.44. The zero-order valence-electron chi connectivity index (χ0n) is 15.0. The Morgan fingerprint density at radius 2 is 1.81 bits per heavy atom. The molecule has 0 fully saturated rings. The summed E-state index contributed by atoms with van der Waals surface area (Å²) in [6, 6.07) is 4.22. The summed E-state index contributed by atoms with van der Waals surface area (Å²) >= 11 is 0. The molecule has 0 radical (unpaired) electrons. The van der Waals surface area contributed by atoms with Crippen molar-refractivity contribution in [3.8, 4) is 23.0 Å². The van der Waals surface area contributed by atoms with Gasteiger partial charge in [-0.2, -0.15) is 0 Å². The van der Waals surface area contributed by atoms with E-state index in [-0.39, 0.29) is 50.4 Å². The summed E-state index contributed by atoms with van der Waals surface area (Å²) in [6.07, 6.45) is 1.65. The molecule has 0 unspecified atom stereocenters. The maximum Gasteiger partial charge on any atom is 0.204 e. The predicted octanol–water partition coefficient (Wildman–Crippen LogP) is 3.84. The number of ether oxygens (including phenoxy) is 2. The molecule has 0 amide bonds. The molecule has 3 aromatic rings. The van der Waals surface area contributed by atoms with Gasteiger partial charge in [0.25, 0.3) is 0 Å². The molecule has 0 saturated heterocycles. The van der Waals surface area contributed by atoms with Gasteiger partial charge in [-0.15, -0.1) is 6.58 Å². The van der Waals surface area contributed by atoms with Crippen LogP contribution in [0.5, 0.6) is 23.0 Å². The Balaban J connectivity index is 2.67. The Morgan fingerprint density at radius 3 is 2.38 bits per heavy atom. The minimum atomic E-state index is -0.692. The summed E-state index contributed by atoms with van der Waals surface area (Å²) < 4.78 is 16.5. The quantitative estimate of drug-likeness (QED) is 0.545. The van der Waals surface area contributed by atoms with E-state index in [2.05, 4.69) is 6.58 Å². The number of benzene rings is 2. The first-order chi connectivity index (χ1) is 12.3. The van der Waals surface area contributed by atoms with E-state index in [0.717, 1.165) is 0 Å². The highest BCUT2D eigenvalue weighted by atomic mass is 16.5. The van der Waals surface area contributed by atoms with Gasteiger partial charge in [0, 0.05) is 17.0 Å². The Kier molecular flexibility index (Phi) is 4.06. The number of rotatable bonds is 4. The first-order valence-corrected chi connectivity index (χ1v) is 7.97. The fourth-order valence-electron chi connectivity index (χ4n) is 3.09. The van der Waals surface area contributed by atoms with Crippen LogP contribution in [-0.4, -0.2) is 24.4 Å². The maximum absolute atomic E-state index is 13.1. The van der Waals surface area contributed by atoms with Gasteiger partial charge in [0.05, 0.1) is 19.6 Å². The van der Waals surface area contributed by atoms with Crippen molar-refractivity contribution in [1.82, 2.24) is 0 Å². The third-order valence-corrected chi connectivity index (χ3v) is 4.57. The number of hydrogen-bond donors (Lipinski definition) is 2. The second-order valence-electron chi connectivity index (χ2n) is 6.53. The zero-order valence-corrected chi connectivity index (χ0v) is 15.0. The van der Waals surface area contributed by atoms with Crippen molar-refractivity contribution in [3.63, 3.8) is 0 Å². The van der Waals surface area contributed by atoms with E-state index in [1.165, 1.54) is 32.4 Å². The number of aromatic hydroxyl groups is 2. The van der Waals surface area contributed by atoms with Crippen molar-refractivity contribution in [3.05, 3.63) is 46.6 Å². The zero-order chi connectivity index (χ0) is 19.2. The molecule has 1 heterocycles. The lowest BCUT2D eigenvalue weighted by Crippen LogP contribution is -2.16. The second kappa shape index (κ2) is 5.98. The number of phenolic OH excluding ortho intramolecular Hbond substituents is 2. The van der Waals surface area contributed by atoms with Crippen LogP contribution < -0.4 is 14.9 Å². The molecule has 0 saturated carbocycles. The smallest absolute Gasteiger partial charge is 0.204 e. The van der Waals surface area contributed by atoms with E-state index in [4.69, 9.17) is 13.9 Å². The first-order valence-electron chi connectivity index (χ1n) is 7.97. The summed E-state index contributed by atoms with van der Waals surface area (Å²) in [5.74, 6) is 0.00925. The van der Waals surface area contributed by atoms with Gasteiger partial charge in [-0.25, -0.2) is 0 Å². The summed E-state index contributed by atoms with van der Waals surface area (Å²) in [5.41, 5.74) is -0.389. The van der Waals surface area contributed by atoms with Crippen molar-refractivity contribution in [1.29, 1.82) is 0 Å². The molecule has 0 aliphatic heterocycles. The highest BCUT2D eigenvalue weighted by Gasteiger charge is 2.29. The average Bonchev–Trinajstić information content (AvgIpc) is 2.60. The Morgan fingerprint density at radius 1 is 1.12 bits per heavy atom. The van der Waals surface area contributed by atoms with Crippen molar-refractivity contribution in [2.45, 2.75) is 19.3 Å². The number of phenols is 2. The molecule has 1 aromatic heterocycles. The Bertz CT molecular complexity index is 1090. The molecule has 0 atom stereocenters. The Hall–Kier alpha value is -3.15. The molecule has 0 spiro atoms. The lowest BCUT2D eigenvalue weighted by molar-refractivity contribution is 0.371. The number of methoxy groups -OCH3 is 2. The molecular formula is C20H20O6. The number of allylic oxidation sites excluding steroid dienone is 1. The molecule has 6 nitrogen and oxygen atoms in total. The third-order valence-electron chi connectivity index (χ3n) is 4.57. The Labute approximate surface area is 149 Å². The standard InChI is InChI=1S/C20H20O6/c1-6-20(2,3)15-12(22)9-13(24-4)14-16(23)10-7-8-11(21)18(25-5)17(10)26-19(14)15/h6-9,21-22H,1H2,2-5H3. The number of fused-ring (bicyclic) bond motifs is 2. The summed E-state index contributed by atoms with van der Waals surface area (Å²) in [7, 11) is 2.78. The lowest BCUT2D eigenvalue weighted by atomic mass is 9.83. The predicted molar refractivity (Wildman–Crippen MR) is 99.6 cm³/mol. The summed E-state index contributed by atoms with van der Waals surface area (Å²) in [6.45, 7) is 7.48. The maximum atomic E-state index is 13.1. The van der Waals surface area contributed by atoms with E-state index in [1.54, 1.807) is 6.08 Å². The van der Waals surface area contributed by atoms with Crippen LogP contribution in [0.25, 0.3) is 21.9 Å². The molecule has 0 aliphatic rings. The van der Waals surface area contributed by atoms with Crippen LogP contribution in [0.4, 0.5) is 0 Å². The minimum Gasteiger partial charge on any atom is -0.507 e. The normalized spacial score (nSPS) is 11.7. The molecule has 3 rings (SSSR count). The van der Waals surface area contributed by atoms with Crippen LogP contribution in [0.3, 0.4) is 0 Å². The van der Waals surface area contributed by atoms with E-state index in [1.807, 2.05) is 13.8 Å².